The number of likely N-dealkylation sites (tertiary alicyclic amines) is 1. The molecule has 132 valence electrons. The predicted octanol–water partition coefficient (Wildman–Crippen LogP) is 2.66. The third-order valence-corrected chi connectivity index (χ3v) is 4.41. The van der Waals surface area contributed by atoms with Gasteiger partial charge >= 0.3 is 0 Å². The summed E-state index contributed by atoms with van der Waals surface area (Å²) < 4.78 is 10.6. The molecule has 0 aliphatic carbocycles. The van der Waals surface area contributed by atoms with Crippen LogP contribution in [0, 0.1) is 0 Å². The van der Waals surface area contributed by atoms with Gasteiger partial charge in [-0.05, 0) is 29.8 Å². The highest BCUT2D eigenvalue weighted by atomic mass is 16.5. The first kappa shape index (κ1) is 16.3. The first-order valence-electron chi connectivity index (χ1n) is 8.38. The molecule has 1 aromatic carbocycles. The van der Waals surface area contributed by atoms with Crippen molar-refractivity contribution in [2.45, 2.75) is 18.9 Å². The van der Waals surface area contributed by atoms with Gasteiger partial charge in [0.1, 0.15) is 11.4 Å². The second kappa shape index (κ2) is 6.95. The lowest BCUT2D eigenvalue weighted by molar-refractivity contribution is -0.128. The molecule has 1 atom stereocenters. The van der Waals surface area contributed by atoms with Crippen LogP contribution in [0.4, 0.5) is 0 Å². The van der Waals surface area contributed by atoms with Crippen molar-refractivity contribution in [3.8, 4) is 17.3 Å². The van der Waals surface area contributed by atoms with Crippen molar-refractivity contribution < 1.29 is 14.1 Å². The van der Waals surface area contributed by atoms with Crippen LogP contribution in [0.15, 0.2) is 53.2 Å². The Kier molecular flexibility index (Phi) is 4.35. The van der Waals surface area contributed by atoms with Gasteiger partial charge in [0.15, 0.2) is 0 Å². The van der Waals surface area contributed by atoms with Gasteiger partial charge in [0.2, 0.25) is 17.6 Å². The molecular formula is C19H18N4O3. The second-order valence-electron chi connectivity index (χ2n) is 6.20. The van der Waals surface area contributed by atoms with Gasteiger partial charge in [-0.3, -0.25) is 9.78 Å². The first-order chi connectivity index (χ1) is 12.7. The maximum Gasteiger partial charge on any atom is 0.232 e. The van der Waals surface area contributed by atoms with Gasteiger partial charge in [-0.25, -0.2) is 0 Å². The van der Waals surface area contributed by atoms with Crippen molar-refractivity contribution in [2.24, 2.45) is 0 Å². The first-order valence-corrected chi connectivity index (χ1v) is 8.38. The fraction of sp³-hybridized carbons (Fsp3) is 0.263. The molecule has 0 N–H and O–H groups in total. The molecule has 1 saturated heterocycles. The average molecular weight is 350 g/mol. The lowest BCUT2D eigenvalue weighted by atomic mass is 10.1. The van der Waals surface area contributed by atoms with Crippen LogP contribution < -0.4 is 4.74 Å². The molecule has 1 aliphatic rings. The highest BCUT2D eigenvalue weighted by Gasteiger charge is 2.34. The number of carbonyl (C=O) groups is 1. The van der Waals surface area contributed by atoms with E-state index < -0.39 is 0 Å². The maximum absolute atomic E-state index is 12.4. The number of pyridine rings is 1. The summed E-state index contributed by atoms with van der Waals surface area (Å²) in [6, 6.07) is 13.2. The molecule has 1 aliphatic heterocycles. The van der Waals surface area contributed by atoms with E-state index in [1.54, 1.807) is 13.3 Å². The molecule has 4 rings (SSSR count). The Morgan fingerprint density at radius 2 is 2.19 bits per heavy atom. The highest BCUT2D eigenvalue weighted by Crippen LogP contribution is 2.29. The van der Waals surface area contributed by atoms with Crippen molar-refractivity contribution in [3.63, 3.8) is 0 Å². The Labute approximate surface area is 150 Å². The van der Waals surface area contributed by atoms with Crippen LogP contribution in [0.2, 0.25) is 0 Å². The molecule has 1 unspecified atom stereocenters. The number of nitrogens with zero attached hydrogens (tertiary/aromatic N) is 4. The summed E-state index contributed by atoms with van der Waals surface area (Å²) in [5.41, 5.74) is 1.68. The number of benzene rings is 1. The van der Waals surface area contributed by atoms with Crippen molar-refractivity contribution in [1.82, 2.24) is 20.0 Å². The fourth-order valence-corrected chi connectivity index (χ4v) is 3.08. The molecule has 3 aromatic rings. The molecule has 3 heterocycles. The lowest BCUT2D eigenvalue weighted by Gasteiger charge is -2.16. The van der Waals surface area contributed by atoms with E-state index in [0.29, 0.717) is 36.9 Å². The number of hydrogen-bond donors (Lipinski definition) is 0. The zero-order valence-corrected chi connectivity index (χ0v) is 14.3. The van der Waals surface area contributed by atoms with Crippen LogP contribution in [0.3, 0.4) is 0 Å². The normalized spacial score (nSPS) is 16.9. The molecular weight excluding hydrogens is 332 g/mol. The fourth-order valence-electron chi connectivity index (χ4n) is 3.08. The molecule has 1 amide bonds. The van der Waals surface area contributed by atoms with Crippen molar-refractivity contribution in [1.29, 1.82) is 0 Å². The smallest absolute Gasteiger partial charge is 0.232 e. The van der Waals surface area contributed by atoms with Gasteiger partial charge in [-0.2, -0.15) is 4.98 Å². The van der Waals surface area contributed by atoms with Crippen LogP contribution in [-0.2, 0) is 11.3 Å². The van der Waals surface area contributed by atoms with E-state index in [-0.39, 0.29) is 11.8 Å². The summed E-state index contributed by atoms with van der Waals surface area (Å²) in [7, 11) is 1.63. The van der Waals surface area contributed by atoms with E-state index in [4.69, 9.17) is 9.26 Å². The number of aromatic nitrogens is 3. The molecule has 7 heteroatoms. The van der Waals surface area contributed by atoms with Crippen molar-refractivity contribution in [3.05, 3.63) is 60.1 Å². The van der Waals surface area contributed by atoms with Crippen molar-refractivity contribution in [2.75, 3.05) is 13.7 Å². The zero-order valence-electron chi connectivity index (χ0n) is 14.3. The Hall–Kier alpha value is -3.22. The Morgan fingerprint density at radius 1 is 1.27 bits per heavy atom. The van der Waals surface area contributed by atoms with E-state index in [1.807, 2.05) is 47.4 Å². The van der Waals surface area contributed by atoms with E-state index in [9.17, 15) is 4.79 Å². The third-order valence-electron chi connectivity index (χ3n) is 4.41. The van der Waals surface area contributed by atoms with Gasteiger partial charge < -0.3 is 14.2 Å². The summed E-state index contributed by atoms with van der Waals surface area (Å²) >= 11 is 0. The molecule has 0 radical (unpaired) electrons. The monoisotopic (exact) mass is 350 g/mol. The van der Waals surface area contributed by atoms with Gasteiger partial charge in [0.25, 0.3) is 0 Å². The minimum Gasteiger partial charge on any atom is -0.497 e. The van der Waals surface area contributed by atoms with Crippen LogP contribution >= 0.6 is 0 Å². The molecule has 1 fully saturated rings. The Morgan fingerprint density at radius 3 is 3.00 bits per heavy atom. The predicted molar refractivity (Wildman–Crippen MR) is 93.3 cm³/mol. The summed E-state index contributed by atoms with van der Waals surface area (Å²) in [5.74, 6) is 1.68. The standard InChI is InChI=1S/C19H18N4O3/c1-25-15-6-4-5-13(9-15)11-23-12-14(10-17(23)24)19-21-18(22-26-19)16-7-2-3-8-20-16/h2-9,14H,10-12H2,1H3. The molecule has 2 aromatic heterocycles. The summed E-state index contributed by atoms with van der Waals surface area (Å²) in [4.78, 5) is 22.8. The van der Waals surface area contributed by atoms with Gasteiger partial charge in [-0.15, -0.1) is 0 Å². The second-order valence-corrected chi connectivity index (χ2v) is 6.20. The topological polar surface area (TPSA) is 81.3 Å². The number of carbonyl (C=O) groups excluding carboxylic acids is 1. The number of rotatable bonds is 5. The third kappa shape index (κ3) is 3.28. The maximum atomic E-state index is 12.4. The minimum atomic E-state index is -0.0990. The molecule has 0 bridgehead atoms. The lowest BCUT2D eigenvalue weighted by Crippen LogP contribution is -2.24. The summed E-state index contributed by atoms with van der Waals surface area (Å²) in [6.07, 6.45) is 2.05. The number of amides is 1. The molecule has 7 nitrogen and oxygen atoms in total. The Bertz CT molecular complexity index is 910. The quantitative estimate of drug-likeness (QED) is 0.704. The van der Waals surface area contributed by atoms with Crippen LogP contribution in [0.25, 0.3) is 11.5 Å². The van der Waals surface area contributed by atoms with Gasteiger partial charge in [0, 0.05) is 25.7 Å². The number of methoxy groups -OCH3 is 1. The van der Waals surface area contributed by atoms with Gasteiger partial charge in [-0.1, -0.05) is 23.4 Å². The average Bonchev–Trinajstić information content (AvgIpc) is 3.30. The largest absolute Gasteiger partial charge is 0.497 e. The van der Waals surface area contributed by atoms with Crippen molar-refractivity contribution >= 4 is 5.91 Å². The van der Waals surface area contributed by atoms with E-state index in [1.165, 1.54) is 0 Å². The Balaban J connectivity index is 1.47. The van der Waals surface area contributed by atoms with E-state index >= 15 is 0 Å². The van der Waals surface area contributed by atoms with Crippen LogP contribution in [-0.4, -0.2) is 39.6 Å². The van der Waals surface area contributed by atoms with Gasteiger partial charge in [0.05, 0.1) is 13.0 Å². The molecule has 0 spiro atoms. The van der Waals surface area contributed by atoms with E-state index in [2.05, 4.69) is 15.1 Å². The highest BCUT2D eigenvalue weighted by molar-refractivity contribution is 5.79. The van der Waals surface area contributed by atoms with Crippen LogP contribution in [0.5, 0.6) is 5.75 Å². The molecule has 26 heavy (non-hydrogen) atoms. The zero-order chi connectivity index (χ0) is 17.9. The number of hydrogen-bond acceptors (Lipinski definition) is 6. The minimum absolute atomic E-state index is 0.0791. The number of ether oxygens (including phenoxy) is 1. The molecule has 0 saturated carbocycles. The van der Waals surface area contributed by atoms with Crippen LogP contribution in [0.1, 0.15) is 23.8 Å². The SMILES string of the molecule is COc1cccc(CN2CC(c3nc(-c4ccccn4)no3)CC2=O)c1. The van der Waals surface area contributed by atoms with E-state index in [0.717, 1.165) is 11.3 Å². The summed E-state index contributed by atoms with van der Waals surface area (Å²) in [5, 5.41) is 3.99. The summed E-state index contributed by atoms with van der Waals surface area (Å²) in [6.45, 7) is 1.09.